The van der Waals surface area contributed by atoms with Crippen LogP contribution in [0.1, 0.15) is 13.3 Å². The molecule has 0 unspecified atom stereocenters. The SMILES string of the molecule is CCOCCCNc1nc2ccc(Br)cn2n1. The van der Waals surface area contributed by atoms with E-state index < -0.39 is 0 Å². The van der Waals surface area contributed by atoms with Crippen molar-refractivity contribution in [2.45, 2.75) is 13.3 Å². The van der Waals surface area contributed by atoms with E-state index in [1.165, 1.54) is 0 Å². The highest BCUT2D eigenvalue weighted by atomic mass is 79.9. The first-order valence-corrected chi connectivity index (χ1v) is 6.42. The van der Waals surface area contributed by atoms with Gasteiger partial charge in [0.2, 0.25) is 5.95 Å². The molecule has 0 bridgehead atoms. The van der Waals surface area contributed by atoms with Crippen LogP contribution in [0.15, 0.2) is 22.8 Å². The van der Waals surface area contributed by atoms with Gasteiger partial charge in [-0.05, 0) is 41.4 Å². The van der Waals surface area contributed by atoms with Crippen LogP contribution in [-0.2, 0) is 4.74 Å². The fraction of sp³-hybridized carbons (Fsp3) is 0.455. The average molecular weight is 299 g/mol. The zero-order chi connectivity index (χ0) is 12.1. The van der Waals surface area contributed by atoms with E-state index in [4.69, 9.17) is 4.74 Å². The molecule has 0 aromatic carbocycles. The Kier molecular flexibility index (Phi) is 4.33. The van der Waals surface area contributed by atoms with Crippen molar-refractivity contribution in [3.63, 3.8) is 0 Å². The number of ether oxygens (including phenoxy) is 1. The van der Waals surface area contributed by atoms with E-state index in [0.717, 1.165) is 36.3 Å². The van der Waals surface area contributed by atoms with E-state index in [0.29, 0.717) is 5.95 Å². The summed E-state index contributed by atoms with van der Waals surface area (Å²) in [4.78, 5) is 4.35. The van der Waals surface area contributed by atoms with Gasteiger partial charge in [-0.2, -0.15) is 4.98 Å². The van der Waals surface area contributed by atoms with Gasteiger partial charge in [0, 0.05) is 30.4 Å². The summed E-state index contributed by atoms with van der Waals surface area (Å²) in [6, 6.07) is 3.87. The highest BCUT2D eigenvalue weighted by Gasteiger charge is 2.02. The molecule has 5 nitrogen and oxygen atoms in total. The lowest BCUT2D eigenvalue weighted by molar-refractivity contribution is 0.147. The first-order valence-electron chi connectivity index (χ1n) is 5.63. The molecule has 0 amide bonds. The van der Waals surface area contributed by atoms with Gasteiger partial charge in [-0.15, -0.1) is 5.10 Å². The van der Waals surface area contributed by atoms with Crippen molar-refractivity contribution in [2.24, 2.45) is 0 Å². The van der Waals surface area contributed by atoms with Crippen LogP contribution >= 0.6 is 15.9 Å². The highest BCUT2D eigenvalue weighted by molar-refractivity contribution is 9.10. The first kappa shape index (κ1) is 12.3. The van der Waals surface area contributed by atoms with Gasteiger partial charge in [0.05, 0.1) is 0 Å². The molecule has 0 saturated heterocycles. The Morgan fingerprint density at radius 2 is 2.35 bits per heavy atom. The van der Waals surface area contributed by atoms with Crippen LogP contribution in [0, 0.1) is 0 Å². The zero-order valence-electron chi connectivity index (χ0n) is 9.69. The number of pyridine rings is 1. The Morgan fingerprint density at radius 1 is 1.47 bits per heavy atom. The summed E-state index contributed by atoms with van der Waals surface area (Å²) < 4.78 is 7.98. The minimum absolute atomic E-state index is 0.652. The number of hydrogen-bond donors (Lipinski definition) is 1. The van der Waals surface area contributed by atoms with Gasteiger partial charge in [-0.3, -0.25) is 0 Å². The van der Waals surface area contributed by atoms with Crippen molar-refractivity contribution in [1.82, 2.24) is 14.6 Å². The molecular weight excluding hydrogens is 284 g/mol. The predicted molar refractivity (Wildman–Crippen MR) is 70.3 cm³/mol. The lowest BCUT2D eigenvalue weighted by Crippen LogP contribution is -2.06. The Morgan fingerprint density at radius 3 is 3.18 bits per heavy atom. The van der Waals surface area contributed by atoms with Crippen LogP contribution in [-0.4, -0.2) is 34.4 Å². The number of halogens is 1. The van der Waals surface area contributed by atoms with Crippen molar-refractivity contribution < 1.29 is 4.74 Å². The third kappa shape index (κ3) is 3.41. The molecule has 0 atom stereocenters. The van der Waals surface area contributed by atoms with E-state index >= 15 is 0 Å². The number of hydrogen-bond acceptors (Lipinski definition) is 4. The van der Waals surface area contributed by atoms with E-state index in [1.54, 1.807) is 4.52 Å². The van der Waals surface area contributed by atoms with E-state index in [1.807, 2.05) is 25.3 Å². The molecule has 2 aromatic rings. The Labute approximate surface area is 108 Å². The molecule has 0 saturated carbocycles. The first-order chi connectivity index (χ1) is 8.29. The Hall–Kier alpha value is -1.14. The molecule has 92 valence electrons. The van der Waals surface area contributed by atoms with Gasteiger partial charge in [0.15, 0.2) is 5.65 Å². The summed E-state index contributed by atoms with van der Waals surface area (Å²) in [6.07, 6.45) is 2.83. The smallest absolute Gasteiger partial charge is 0.243 e. The Balaban J connectivity index is 1.91. The van der Waals surface area contributed by atoms with Crippen LogP contribution in [0.3, 0.4) is 0 Å². The molecule has 17 heavy (non-hydrogen) atoms. The van der Waals surface area contributed by atoms with Crippen LogP contribution in [0.5, 0.6) is 0 Å². The second kappa shape index (κ2) is 5.97. The number of anilines is 1. The topological polar surface area (TPSA) is 51.5 Å². The minimum atomic E-state index is 0.652. The molecule has 0 aliphatic carbocycles. The van der Waals surface area contributed by atoms with E-state index in [9.17, 15) is 0 Å². The molecule has 0 aliphatic rings. The average Bonchev–Trinajstić information content (AvgIpc) is 2.70. The fourth-order valence-electron chi connectivity index (χ4n) is 1.45. The molecule has 2 aromatic heterocycles. The van der Waals surface area contributed by atoms with Crippen LogP contribution in [0.25, 0.3) is 5.65 Å². The lowest BCUT2D eigenvalue weighted by Gasteiger charge is -2.01. The van der Waals surface area contributed by atoms with Gasteiger partial charge in [0.25, 0.3) is 0 Å². The van der Waals surface area contributed by atoms with Gasteiger partial charge in [-0.25, -0.2) is 4.52 Å². The second-order valence-corrected chi connectivity index (χ2v) is 4.48. The summed E-state index contributed by atoms with van der Waals surface area (Å²) in [5.41, 5.74) is 0.834. The van der Waals surface area contributed by atoms with Crippen molar-refractivity contribution in [3.05, 3.63) is 22.8 Å². The van der Waals surface area contributed by atoms with Gasteiger partial charge in [0.1, 0.15) is 0 Å². The molecule has 0 radical (unpaired) electrons. The maximum atomic E-state index is 5.25. The molecule has 2 rings (SSSR count). The normalized spacial score (nSPS) is 10.9. The van der Waals surface area contributed by atoms with Gasteiger partial charge < -0.3 is 10.1 Å². The molecule has 6 heteroatoms. The van der Waals surface area contributed by atoms with Crippen molar-refractivity contribution in [3.8, 4) is 0 Å². The molecule has 1 N–H and O–H groups in total. The largest absolute Gasteiger partial charge is 0.382 e. The molecule has 0 fully saturated rings. The monoisotopic (exact) mass is 298 g/mol. The standard InChI is InChI=1S/C11H15BrN4O/c1-2-17-7-3-6-13-11-14-10-5-4-9(12)8-16(10)15-11/h4-5,8H,2-3,6-7H2,1H3,(H,13,15). The highest BCUT2D eigenvalue weighted by Crippen LogP contribution is 2.11. The summed E-state index contributed by atoms with van der Waals surface area (Å²) >= 11 is 3.40. The second-order valence-electron chi connectivity index (χ2n) is 3.56. The van der Waals surface area contributed by atoms with Gasteiger partial charge in [-0.1, -0.05) is 0 Å². The third-order valence-electron chi connectivity index (χ3n) is 2.25. The number of nitrogens with zero attached hydrogens (tertiary/aromatic N) is 3. The number of fused-ring (bicyclic) bond motifs is 1. The Bertz CT molecular complexity index is 485. The molecule has 0 aliphatic heterocycles. The summed E-state index contributed by atoms with van der Waals surface area (Å²) in [6.45, 7) is 4.34. The molecule has 0 spiro atoms. The number of aromatic nitrogens is 3. The summed E-state index contributed by atoms with van der Waals surface area (Å²) in [7, 11) is 0. The van der Waals surface area contributed by atoms with Crippen molar-refractivity contribution >= 4 is 27.5 Å². The zero-order valence-corrected chi connectivity index (χ0v) is 11.3. The maximum Gasteiger partial charge on any atom is 0.243 e. The predicted octanol–water partition coefficient (Wildman–Crippen LogP) is 2.33. The third-order valence-corrected chi connectivity index (χ3v) is 2.72. The number of nitrogens with one attached hydrogen (secondary N) is 1. The lowest BCUT2D eigenvalue weighted by atomic mass is 10.4. The molecule has 2 heterocycles. The van der Waals surface area contributed by atoms with Crippen LogP contribution in [0.2, 0.25) is 0 Å². The minimum Gasteiger partial charge on any atom is -0.382 e. The van der Waals surface area contributed by atoms with Gasteiger partial charge >= 0.3 is 0 Å². The van der Waals surface area contributed by atoms with Crippen molar-refractivity contribution in [1.29, 1.82) is 0 Å². The fourth-order valence-corrected chi connectivity index (χ4v) is 1.78. The van der Waals surface area contributed by atoms with E-state index in [2.05, 4.69) is 31.3 Å². The molecular formula is C11H15BrN4O. The summed E-state index contributed by atoms with van der Waals surface area (Å²) in [5, 5.41) is 7.49. The number of rotatable bonds is 6. The maximum absolute atomic E-state index is 5.25. The van der Waals surface area contributed by atoms with Crippen LogP contribution < -0.4 is 5.32 Å². The van der Waals surface area contributed by atoms with E-state index in [-0.39, 0.29) is 0 Å². The quantitative estimate of drug-likeness (QED) is 0.832. The summed E-state index contributed by atoms with van der Waals surface area (Å²) in [5.74, 6) is 0.652. The van der Waals surface area contributed by atoms with Crippen LogP contribution in [0.4, 0.5) is 5.95 Å². The van der Waals surface area contributed by atoms with Crippen molar-refractivity contribution in [2.75, 3.05) is 25.1 Å².